The lowest BCUT2D eigenvalue weighted by atomic mass is 9.84. The van der Waals surface area contributed by atoms with Crippen LogP contribution in [0.2, 0.25) is 0 Å². The number of amides is 1. The van der Waals surface area contributed by atoms with Crippen LogP contribution in [0.4, 0.5) is 0 Å². The number of hydrogen-bond acceptors (Lipinski definition) is 2. The van der Waals surface area contributed by atoms with E-state index in [1.807, 2.05) is 38.1 Å². The Bertz CT molecular complexity index is 435. The van der Waals surface area contributed by atoms with E-state index < -0.39 is 5.91 Å². The SMILES string of the molecule is CC(C)(CNC(=O)C#N)c1cccc(Br)c1. The number of nitriles is 1. The molecule has 4 heteroatoms. The molecule has 0 spiro atoms. The first-order chi connectivity index (χ1) is 7.45. The summed E-state index contributed by atoms with van der Waals surface area (Å²) in [7, 11) is 0. The van der Waals surface area contributed by atoms with Gasteiger partial charge in [-0.25, -0.2) is 0 Å². The first-order valence-electron chi connectivity index (χ1n) is 4.90. The van der Waals surface area contributed by atoms with Crippen LogP contribution >= 0.6 is 15.9 Å². The van der Waals surface area contributed by atoms with Crippen molar-refractivity contribution >= 4 is 21.8 Å². The van der Waals surface area contributed by atoms with E-state index in [1.165, 1.54) is 0 Å². The summed E-state index contributed by atoms with van der Waals surface area (Å²) in [6.45, 7) is 4.48. The molecule has 1 amide bonds. The molecule has 3 nitrogen and oxygen atoms in total. The Morgan fingerprint density at radius 1 is 1.56 bits per heavy atom. The summed E-state index contributed by atoms with van der Waals surface area (Å²) in [6.07, 6.45) is 0. The van der Waals surface area contributed by atoms with Crippen molar-refractivity contribution in [3.05, 3.63) is 34.3 Å². The zero-order valence-corrected chi connectivity index (χ0v) is 10.8. The van der Waals surface area contributed by atoms with Gasteiger partial charge in [0, 0.05) is 16.4 Å². The average Bonchev–Trinajstić information content (AvgIpc) is 2.26. The predicted octanol–water partition coefficient (Wildman–Crippen LogP) is 2.37. The first-order valence-corrected chi connectivity index (χ1v) is 5.69. The fraction of sp³-hybridized carbons (Fsp3) is 0.333. The topological polar surface area (TPSA) is 52.9 Å². The minimum Gasteiger partial charge on any atom is -0.343 e. The van der Waals surface area contributed by atoms with E-state index in [0.29, 0.717) is 6.54 Å². The van der Waals surface area contributed by atoms with Gasteiger partial charge < -0.3 is 5.32 Å². The molecule has 1 aromatic rings. The lowest BCUT2D eigenvalue weighted by molar-refractivity contribution is -0.116. The van der Waals surface area contributed by atoms with E-state index in [-0.39, 0.29) is 5.41 Å². The molecule has 0 heterocycles. The molecule has 1 N–H and O–H groups in total. The Morgan fingerprint density at radius 2 is 2.25 bits per heavy atom. The minimum atomic E-state index is -0.594. The molecule has 0 bridgehead atoms. The van der Waals surface area contributed by atoms with E-state index in [9.17, 15) is 4.79 Å². The highest BCUT2D eigenvalue weighted by molar-refractivity contribution is 9.10. The van der Waals surface area contributed by atoms with E-state index in [1.54, 1.807) is 6.07 Å². The molecule has 0 saturated heterocycles. The highest BCUT2D eigenvalue weighted by Gasteiger charge is 2.21. The number of carbonyl (C=O) groups is 1. The molecule has 0 fully saturated rings. The lowest BCUT2D eigenvalue weighted by Crippen LogP contribution is -2.36. The molecular weight excluding hydrogens is 268 g/mol. The number of nitrogens with zero attached hydrogens (tertiary/aromatic N) is 1. The average molecular weight is 281 g/mol. The van der Waals surface area contributed by atoms with Crippen LogP contribution in [0.1, 0.15) is 19.4 Å². The third-order valence-electron chi connectivity index (χ3n) is 2.40. The Morgan fingerprint density at radius 3 is 2.81 bits per heavy atom. The number of halogens is 1. The second kappa shape index (κ2) is 5.13. The van der Waals surface area contributed by atoms with Gasteiger partial charge in [-0.15, -0.1) is 0 Å². The molecule has 0 radical (unpaired) electrons. The third-order valence-corrected chi connectivity index (χ3v) is 2.89. The van der Waals surface area contributed by atoms with Crippen molar-refractivity contribution in [1.82, 2.24) is 5.32 Å². The van der Waals surface area contributed by atoms with Crippen molar-refractivity contribution in [2.75, 3.05) is 6.54 Å². The van der Waals surface area contributed by atoms with Gasteiger partial charge in [0.2, 0.25) is 0 Å². The summed E-state index contributed by atoms with van der Waals surface area (Å²) < 4.78 is 1.00. The van der Waals surface area contributed by atoms with Gasteiger partial charge >= 0.3 is 5.91 Å². The maximum Gasteiger partial charge on any atom is 0.322 e. The van der Waals surface area contributed by atoms with Crippen molar-refractivity contribution in [2.45, 2.75) is 19.3 Å². The largest absolute Gasteiger partial charge is 0.343 e. The first kappa shape index (κ1) is 12.7. The molecule has 84 valence electrons. The Hall–Kier alpha value is -1.34. The lowest BCUT2D eigenvalue weighted by Gasteiger charge is -2.25. The van der Waals surface area contributed by atoms with E-state index >= 15 is 0 Å². The van der Waals surface area contributed by atoms with Crippen molar-refractivity contribution < 1.29 is 4.79 Å². The van der Waals surface area contributed by atoms with Crippen LogP contribution in [-0.4, -0.2) is 12.5 Å². The summed E-state index contributed by atoms with van der Waals surface area (Å²) in [5.74, 6) is -0.594. The Labute approximate surface area is 104 Å². The molecule has 0 aliphatic rings. The maximum atomic E-state index is 10.9. The highest BCUT2D eigenvalue weighted by Crippen LogP contribution is 2.24. The quantitative estimate of drug-likeness (QED) is 0.865. The van der Waals surface area contributed by atoms with Gasteiger partial charge in [-0.3, -0.25) is 4.79 Å². The van der Waals surface area contributed by atoms with Gasteiger partial charge in [0.05, 0.1) is 0 Å². The van der Waals surface area contributed by atoms with E-state index in [2.05, 4.69) is 21.2 Å². The molecule has 0 aliphatic carbocycles. The summed E-state index contributed by atoms with van der Waals surface area (Å²) in [4.78, 5) is 10.9. The van der Waals surface area contributed by atoms with Crippen LogP contribution < -0.4 is 5.32 Å². The van der Waals surface area contributed by atoms with Gasteiger partial charge in [-0.2, -0.15) is 5.26 Å². The number of benzene rings is 1. The third kappa shape index (κ3) is 3.35. The van der Waals surface area contributed by atoms with Gasteiger partial charge in [0.25, 0.3) is 0 Å². The second-order valence-corrected chi connectivity index (χ2v) is 5.10. The summed E-state index contributed by atoms with van der Waals surface area (Å²) >= 11 is 3.41. The predicted molar refractivity (Wildman–Crippen MR) is 65.8 cm³/mol. The Kier molecular flexibility index (Phi) is 4.08. The molecular formula is C12H13BrN2O. The van der Waals surface area contributed by atoms with E-state index in [4.69, 9.17) is 5.26 Å². The monoisotopic (exact) mass is 280 g/mol. The van der Waals surface area contributed by atoms with Crippen molar-refractivity contribution in [1.29, 1.82) is 5.26 Å². The molecule has 16 heavy (non-hydrogen) atoms. The molecule has 1 aromatic carbocycles. The molecule has 0 unspecified atom stereocenters. The van der Waals surface area contributed by atoms with Crippen LogP contribution in [0.25, 0.3) is 0 Å². The van der Waals surface area contributed by atoms with Crippen LogP contribution in [-0.2, 0) is 10.2 Å². The molecule has 0 aliphatic heterocycles. The molecule has 0 aromatic heterocycles. The van der Waals surface area contributed by atoms with Crippen LogP contribution in [0.3, 0.4) is 0 Å². The van der Waals surface area contributed by atoms with Crippen molar-refractivity contribution in [2.24, 2.45) is 0 Å². The summed E-state index contributed by atoms with van der Waals surface area (Å²) in [5.41, 5.74) is 0.913. The number of hydrogen-bond donors (Lipinski definition) is 1. The smallest absolute Gasteiger partial charge is 0.322 e. The molecule has 0 atom stereocenters. The van der Waals surface area contributed by atoms with Crippen molar-refractivity contribution in [3.63, 3.8) is 0 Å². The standard InChI is InChI=1S/C12H13BrN2O/c1-12(2,8-15-11(16)7-14)9-4-3-5-10(13)6-9/h3-6H,8H2,1-2H3,(H,15,16). The van der Waals surface area contributed by atoms with Crippen LogP contribution in [0.5, 0.6) is 0 Å². The fourth-order valence-corrected chi connectivity index (χ4v) is 1.75. The zero-order chi connectivity index (χ0) is 12.2. The Balaban J connectivity index is 2.78. The van der Waals surface area contributed by atoms with Gasteiger partial charge in [-0.1, -0.05) is 41.9 Å². The molecule has 0 saturated carbocycles. The minimum absolute atomic E-state index is 0.198. The summed E-state index contributed by atoms with van der Waals surface area (Å²) in [6, 6.07) is 9.46. The molecule has 1 rings (SSSR count). The highest BCUT2D eigenvalue weighted by atomic mass is 79.9. The van der Waals surface area contributed by atoms with Crippen LogP contribution in [0.15, 0.2) is 28.7 Å². The second-order valence-electron chi connectivity index (χ2n) is 4.19. The van der Waals surface area contributed by atoms with Gasteiger partial charge in [0.15, 0.2) is 6.07 Å². The maximum absolute atomic E-state index is 10.9. The van der Waals surface area contributed by atoms with E-state index in [0.717, 1.165) is 10.0 Å². The number of nitrogens with one attached hydrogen (secondary N) is 1. The summed E-state index contributed by atoms with van der Waals surface area (Å²) in [5, 5.41) is 11.0. The number of carbonyl (C=O) groups excluding carboxylic acids is 1. The van der Waals surface area contributed by atoms with Crippen LogP contribution in [0, 0.1) is 11.3 Å². The zero-order valence-electron chi connectivity index (χ0n) is 9.25. The van der Waals surface area contributed by atoms with Gasteiger partial charge in [0.1, 0.15) is 0 Å². The normalized spacial score (nSPS) is 10.6. The van der Waals surface area contributed by atoms with Crippen molar-refractivity contribution in [3.8, 4) is 6.07 Å². The van der Waals surface area contributed by atoms with Gasteiger partial charge in [-0.05, 0) is 17.7 Å². The fourth-order valence-electron chi connectivity index (χ4n) is 1.35. The number of rotatable bonds is 3.